The Morgan fingerprint density at radius 2 is 1.54 bits per heavy atom. The maximum absolute atomic E-state index is 12.3. The van der Waals surface area contributed by atoms with Gasteiger partial charge in [0, 0.05) is 0 Å². The van der Waals surface area contributed by atoms with Crippen LogP contribution in [-0.4, -0.2) is 27.8 Å². The highest BCUT2D eigenvalue weighted by Crippen LogP contribution is 2.24. The standard InChI is InChI=1S/C17H13NO4.C2H6/c1-10-6-7-11(8-14(10)17(21)22)9-18-15(19)12-4-2-3-5-13(12)16(18)20;1-2/h2-8H,9H2,1H3,(H,21,22);1-2H3. The van der Waals surface area contributed by atoms with Gasteiger partial charge in [0.25, 0.3) is 11.8 Å². The van der Waals surface area contributed by atoms with Crippen molar-refractivity contribution >= 4 is 17.8 Å². The number of aryl methyl sites for hydroxylation is 1. The van der Waals surface area contributed by atoms with Crippen LogP contribution in [0.1, 0.15) is 56.0 Å². The van der Waals surface area contributed by atoms with Crippen molar-refractivity contribution in [2.24, 2.45) is 0 Å². The van der Waals surface area contributed by atoms with E-state index < -0.39 is 5.97 Å². The third-order valence-electron chi connectivity index (χ3n) is 3.75. The van der Waals surface area contributed by atoms with Gasteiger partial charge in [0.2, 0.25) is 0 Å². The molecular formula is C19H19NO4. The van der Waals surface area contributed by atoms with Crippen LogP contribution in [0, 0.1) is 6.92 Å². The number of hydrogen-bond acceptors (Lipinski definition) is 3. The summed E-state index contributed by atoms with van der Waals surface area (Å²) in [6, 6.07) is 11.6. The molecule has 0 atom stereocenters. The van der Waals surface area contributed by atoms with Gasteiger partial charge in [-0.1, -0.05) is 38.1 Å². The molecule has 0 radical (unpaired) electrons. The molecule has 2 amide bonds. The van der Waals surface area contributed by atoms with Crippen molar-refractivity contribution in [2.45, 2.75) is 27.3 Å². The largest absolute Gasteiger partial charge is 0.478 e. The predicted molar refractivity (Wildman–Crippen MR) is 90.1 cm³/mol. The van der Waals surface area contributed by atoms with Crippen LogP contribution in [-0.2, 0) is 6.54 Å². The zero-order chi connectivity index (χ0) is 17.9. The van der Waals surface area contributed by atoms with Crippen molar-refractivity contribution in [1.82, 2.24) is 4.90 Å². The number of aromatic carboxylic acids is 1. The number of amides is 2. The van der Waals surface area contributed by atoms with E-state index in [-0.39, 0.29) is 23.9 Å². The molecule has 0 fully saturated rings. The van der Waals surface area contributed by atoms with Gasteiger partial charge < -0.3 is 5.11 Å². The van der Waals surface area contributed by atoms with Crippen molar-refractivity contribution in [3.63, 3.8) is 0 Å². The van der Waals surface area contributed by atoms with Crippen molar-refractivity contribution in [1.29, 1.82) is 0 Å². The van der Waals surface area contributed by atoms with E-state index in [0.717, 1.165) is 4.90 Å². The first-order chi connectivity index (χ1) is 11.5. The number of benzene rings is 2. The van der Waals surface area contributed by atoms with E-state index in [2.05, 4.69) is 0 Å². The van der Waals surface area contributed by atoms with Gasteiger partial charge >= 0.3 is 5.97 Å². The van der Waals surface area contributed by atoms with Gasteiger partial charge in [-0.25, -0.2) is 4.79 Å². The molecule has 0 bridgehead atoms. The summed E-state index contributed by atoms with van der Waals surface area (Å²) in [4.78, 5) is 36.9. The Hall–Kier alpha value is -2.95. The summed E-state index contributed by atoms with van der Waals surface area (Å²) >= 11 is 0. The fourth-order valence-electron chi connectivity index (χ4n) is 2.56. The molecule has 0 spiro atoms. The molecule has 0 aromatic heterocycles. The number of carboxylic acid groups (broad SMARTS) is 1. The first-order valence-corrected chi connectivity index (χ1v) is 7.77. The quantitative estimate of drug-likeness (QED) is 0.876. The summed E-state index contributed by atoms with van der Waals surface area (Å²) in [5.74, 6) is -1.72. The number of fused-ring (bicyclic) bond motifs is 1. The second kappa shape index (κ2) is 7.08. The molecular weight excluding hydrogens is 306 g/mol. The summed E-state index contributed by atoms with van der Waals surface area (Å²) in [5.41, 5.74) is 2.20. The first kappa shape index (κ1) is 17.4. The Bertz CT molecular complexity index is 776. The van der Waals surface area contributed by atoms with Gasteiger partial charge in [-0.3, -0.25) is 14.5 Å². The molecule has 1 aliphatic heterocycles. The lowest BCUT2D eigenvalue weighted by Crippen LogP contribution is -2.29. The fourth-order valence-corrected chi connectivity index (χ4v) is 2.56. The number of carboxylic acids is 1. The molecule has 0 unspecified atom stereocenters. The number of nitrogens with zero attached hydrogens (tertiary/aromatic N) is 1. The van der Waals surface area contributed by atoms with Gasteiger partial charge in [0.1, 0.15) is 0 Å². The highest BCUT2D eigenvalue weighted by molar-refractivity contribution is 6.21. The van der Waals surface area contributed by atoms with E-state index in [9.17, 15) is 14.4 Å². The lowest BCUT2D eigenvalue weighted by molar-refractivity contribution is 0.0641. The Morgan fingerprint density at radius 1 is 1.00 bits per heavy atom. The van der Waals surface area contributed by atoms with Crippen LogP contribution in [0.2, 0.25) is 0 Å². The van der Waals surface area contributed by atoms with E-state index >= 15 is 0 Å². The SMILES string of the molecule is CC.Cc1ccc(CN2C(=O)c3ccccc3C2=O)cc1C(=O)O. The molecule has 1 N–H and O–H groups in total. The van der Waals surface area contributed by atoms with Crippen molar-refractivity contribution in [3.05, 3.63) is 70.3 Å². The van der Waals surface area contributed by atoms with Crippen LogP contribution in [0.5, 0.6) is 0 Å². The molecule has 24 heavy (non-hydrogen) atoms. The summed E-state index contributed by atoms with van der Waals surface area (Å²) in [5, 5.41) is 9.15. The molecule has 1 aliphatic rings. The second-order valence-electron chi connectivity index (χ2n) is 5.20. The number of carbonyl (C=O) groups is 3. The van der Waals surface area contributed by atoms with Gasteiger partial charge in [0.05, 0.1) is 23.2 Å². The van der Waals surface area contributed by atoms with E-state index in [1.54, 1.807) is 43.3 Å². The Kier molecular flexibility index (Phi) is 5.14. The minimum atomic E-state index is -1.03. The highest BCUT2D eigenvalue weighted by atomic mass is 16.4. The van der Waals surface area contributed by atoms with E-state index in [0.29, 0.717) is 22.3 Å². The van der Waals surface area contributed by atoms with Crippen LogP contribution in [0.4, 0.5) is 0 Å². The maximum atomic E-state index is 12.3. The molecule has 5 heteroatoms. The van der Waals surface area contributed by atoms with Gasteiger partial charge in [0.15, 0.2) is 0 Å². The molecule has 1 heterocycles. The average molecular weight is 325 g/mol. The molecule has 5 nitrogen and oxygen atoms in total. The smallest absolute Gasteiger partial charge is 0.335 e. The molecule has 0 saturated carbocycles. The number of rotatable bonds is 3. The molecule has 124 valence electrons. The summed E-state index contributed by atoms with van der Waals surface area (Å²) < 4.78 is 0. The third-order valence-corrected chi connectivity index (χ3v) is 3.75. The zero-order valence-electron chi connectivity index (χ0n) is 13.9. The Morgan fingerprint density at radius 3 is 2.04 bits per heavy atom. The van der Waals surface area contributed by atoms with Crippen molar-refractivity contribution in [3.8, 4) is 0 Å². The van der Waals surface area contributed by atoms with Crippen LogP contribution in [0.15, 0.2) is 42.5 Å². The van der Waals surface area contributed by atoms with Crippen LogP contribution in [0.3, 0.4) is 0 Å². The van der Waals surface area contributed by atoms with Gasteiger partial charge in [-0.2, -0.15) is 0 Å². The number of carbonyl (C=O) groups excluding carboxylic acids is 2. The van der Waals surface area contributed by atoms with Crippen LogP contribution in [0.25, 0.3) is 0 Å². The second-order valence-corrected chi connectivity index (χ2v) is 5.20. The number of hydrogen-bond donors (Lipinski definition) is 1. The summed E-state index contributed by atoms with van der Waals surface area (Å²) in [6.07, 6.45) is 0. The molecule has 2 aromatic rings. The van der Waals surface area contributed by atoms with Crippen LogP contribution >= 0.6 is 0 Å². The van der Waals surface area contributed by atoms with Crippen LogP contribution < -0.4 is 0 Å². The zero-order valence-corrected chi connectivity index (χ0v) is 13.9. The molecule has 0 saturated heterocycles. The van der Waals surface area contributed by atoms with E-state index in [4.69, 9.17) is 5.11 Å². The Balaban J connectivity index is 0.00000100. The molecule has 3 rings (SSSR count). The number of imide groups is 1. The van der Waals surface area contributed by atoms with Crippen molar-refractivity contribution in [2.75, 3.05) is 0 Å². The first-order valence-electron chi connectivity index (χ1n) is 7.77. The maximum Gasteiger partial charge on any atom is 0.335 e. The topological polar surface area (TPSA) is 74.7 Å². The normalized spacial score (nSPS) is 12.5. The Labute approximate surface area is 140 Å². The minimum Gasteiger partial charge on any atom is -0.478 e. The minimum absolute atomic E-state index is 0.0624. The van der Waals surface area contributed by atoms with Gasteiger partial charge in [-0.15, -0.1) is 0 Å². The lowest BCUT2D eigenvalue weighted by Gasteiger charge is -2.14. The molecule has 0 aliphatic carbocycles. The third kappa shape index (κ3) is 3.06. The fraction of sp³-hybridized carbons (Fsp3) is 0.211. The van der Waals surface area contributed by atoms with Gasteiger partial charge in [-0.05, 0) is 36.2 Å². The van der Waals surface area contributed by atoms with Crippen molar-refractivity contribution < 1.29 is 19.5 Å². The molecule has 2 aromatic carbocycles. The highest BCUT2D eigenvalue weighted by Gasteiger charge is 2.35. The van der Waals surface area contributed by atoms with E-state index in [1.807, 2.05) is 13.8 Å². The van der Waals surface area contributed by atoms with E-state index in [1.165, 1.54) is 6.07 Å². The summed E-state index contributed by atoms with van der Waals surface area (Å²) in [6.45, 7) is 5.77. The lowest BCUT2D eigenvalue weighted by atomic mass is 10.0. The average Bonchev–Trinajstić information content (AvgIpc) is 2.83. The predicted octanol–water partition coefficient (Wildman–Crippen LogP) is 3.52. The summed E-state index contributed by atoms with van der Waals surface area (Å²) in [7, 11) is 0. The monoisotopic (exact) mass is 325 g/mol.